The molecule has 0 saturated heterocycles. The number of halogens is 4. The van der Waals surface area contributed by atoms with E-state index in [0.717, 1.165) is 18.0 Å². The molecule has 4 aromatic rings. The van der Waals surface area contributed by atoms with Crippen LogP contribution in [0.5, 0.6) is 0 Å². The number of aromatic nitrogens is 3. The Morgan fingerprint density at radius 3 is 2.67 bits per heavy atom. The highest BCUT2D eigenvalue weighted by Crippen LogP contribution is 2.33. The smallest absolute Gasteiger partial charge is 0.455 e. The number of pyridine rings is 1. The topological polar surface area (TPSA) is 132 Å². The van der Waals surface area contributed by atoms with Gasteiger partial charge < -0.3 is 20.7 Å². The van der Waals surface area contributed by atoms with E-state index in [2.05, 4.69) is 20.6 Å². The van der Waals surface area contributed by atoms with Crippen molar-refractivity contribution < 1.29 is 22.8 Å². The predicted octanol–water partition coefficient (Wildman–Crippen LogP) is 5.07. The molecule has 0 fully saturated rings. The summed E-state index contributed by atoms with van der Waals surface area (Å²) < 4.78 is 45.1. The number of fused-ring (bicyclic) bond motifs is 1. The van der Waals surface area contributed by atoms with Crippen molar-refractivity contribution in [2.75, 3.05) is 5.32 Å². The minimum absolute atomic E-state index is 0.00656. The molecule has 3 aromatic heterocycles. The van der Waals surface area contributed by atoms with Gasteiger partial charge in [-0.25, -0.2) is 4.98 Å². The summed E-state index contributed by atoms with van der Waals surface area (Å²) >= 11 is 5.95. The van der Waals surface area contributed by atoms with Crippen LogP contribution in [0.25, 0.3) is 22.3 Å². The van der Waals surface area contributed by atoms with Crippen molar-refractivity contribution in [3.05, 3.63) is 74.4 Å². The van der Waals surface area contributed by atoms with Gasteiger partial charge in [0.05, 0.1) is 28.9 Å². The monoisotopic (exact) mass is 520 g/mol. The van der Waals surface area contributed by atoms with Gasteiger partial charge in [0.15, 0.2) is 11.3 Å². The van der Waals surface area contributed by atoms with Crippen molar-refractivity contribution in [3.8, 4) is 11.3 Å². The maximum absolute atomic E-state index is 13.2. The molecular weight excluding hydrogens is 501 g/mol. The molecule has 3 heterocycles. The number of nitrogens with one attached hydrogen (secondary N) is 1. The molecule has 9 nitrogen and oxygen atoms in total. The summed E-state index contributed by atoms with van der Waals surface area (Å²) in [7, 11) is 0. The lowest BCUT2D eigenvalue weighted by molar-refractivity contribution is -0.212. The van der Waals surface area contributed by atoms with E-state index < -0.39 is 12.3 Å². The Kier molecular flexibility index (Phi) is 6.39. The largest absolute Gasteiger partial charge is 0.504 e. The van der Waals surface area contributed by atoms with Gasteiger partial charge in [0, 0.05) is 17.3 Å². The number of aryl methyl sites for hydroxylation is 1. The van der Waals surface area contributed by atoms with E-state index in [9.17, 15) is 18.0 Å². The Morgan fingerprint density at radius 1 is 1.31 bits per heavy atom. The number of oxime groups is 1. The van der Waals surface area contributed by atoms with Gasteiger partial charge >= 0.3 is 6.30 Å². The molecule has 4 N–H and O–H groups in total. The van der Waals surface area contributed by atoms with Crippen molar-refractivity contribution in [2.45, 2.75) is 33.1 Å². The van der Waals surface area contributed by atoms with Gasteiger partial charge in [-0.15, -0.1) is 13.2 Å². The summed E-state index contributed by atoms with van der Waals surface area (Å²) in [5.74, 6) is -0.293. The maximum atomic E-state index is 13.2. The van der Waals surface area contributed by atoms with E-state index in [-0.39, 0.29) is 54.6 Å². The molecule has 4 rings (SSSR count). The van der Waals surface area contributed by atoms with Crippen LogP contribution < -0.4 is 16.5 Å². The quantitative estimate of drug-likeness (QED) is 0.110. The van der Waals surface area contributed by atoms with Gasteiger partial charge in [-0.2, -0.15) is 9.78 Å². The maximum Gasteiger partial charge on any atom is 0.504 e. The number of anilines is 1. The van der Waals surface area contributed by atoms with E-state index in [1.807, 2.05) is 0 Å². The van der Waals surface area contributed by atoms with Gasteiger partial charge in [-0.1, -0.05) is 22.8 Å². The Bertz CT molecular complexity index is 1560. The molecule has 0 bridgehead atoms. The zero-order chi connectivity index (χ0) is 26.4. The minimum Gasteiger partial charge on any atom is -0.455 e. The number of nitrogens with two attached hydrogens (primary N) is 1. The number of nitrogens with zero attached hydrogens (tertiary/aromatic N) is 4. The molecule has 1 unspecified atom stereocenters. The first-order valence-electron chi connectivity index (χ1n) is 10.5. The number of amidine groups is 1. The first-order valence-corrected chi connectivity index (χ1v) is 10.9. The molecule has 0 amide bonds. The molecule has 0 aliphatic heterocycles. The molecule has 0 aliphatic rings. The summed E-state index contributed by atoms with van der Waals surface area (Å²) in [6, 6.07) is 6.03. The van der Waals surface area contributed by atoms with Gasteiger partial charge in [-0.3, -0.25) is 4.79 Å². The molecule has 0 radical (unpaired) electrons. The summed E-state index contributed by atoms with van der Waals surface area (Å²) in [5, 5.41) is 19.0. The lowest BCUT2D eigenvalue weighted by Crippen LogP contribution is -2.19. The summed E-state index contributed by atoms with van der Waals surface area (Å²) in [4.78, 5) is 17.3. The van der Waals surface area contributed by atoms with Crippen LogP contribution in [0.3, 0.4) is 0 Å². The standard InChI is InChI=1S/C23H20ClF3N6O3/c1-10-6-14(12(3)30-16-4-5-17(24)31-18(16)22(28)32-35)21-15(7-10)19(34)11(2)20(36-21)13-8-29-33(9-13)23(25,26)27/h4-9,12,30,35H,1-3H3,(H2,28,32). The van der Waals surface area contributed by atoms with Crippen molar-refractivity contribution >= 4 is 34.1 Å². The average Bonchev–Trinajstić information content (AvgIpc) is 3.32. The number of alkyl halides is 3. The van der Waals surface area contributed by atoms with Crippen LogP contribution in [0, 0.1) is 13.8 Å². The zero-order valence-corrected chi connectivity index (χ0v) is 19.9. The fraction of sp³-hybridized carbons (Fsp3) is 0.217. The molecule has 1 aromatic carbocycles. The fourth-order valence-electron chi connectivity index (χ4n) is 3.85. The minimum atomic E-state index is -4.71. The molecule has 0 spiro atoms. The normalized spacial score (nSPS) is 13.2. The molecule has 0 aliphatic carbocycles. The summed E-state index contributed by atoms with van der Waals surface area (Å²) in [6.07, 6.45) is -2.97. The van der Waals surface area contributed by atoms with Crippen LogP contribution in [-0.2, 0) is 6.30 Å². The average molecular weight is 521 g/mol. The second-order valence-electron chi connectivity index (χ2n) is 8.14. The van der Waals surface area contributed by atoms with E-state index in [1.54, 1.807) is 32.0 Å². The fourth-order valence-corrected chi connectivity index (χ4v) is 4.00. The summed E-state index contributed by atoms with van der Waals surface area (Å²) in [6.45, 7) is 5.06. The summed E-state index contributed by atoms with van der Waals surface area (Å²) in [5.41, 5.74) is 7.51. The van der Waals surface area contributed by atoms with E-state index in [0.29, 0.717) is 11.3 Å². The molecule has 188 valence electrons. The van der Waals surface area contributed by atoms with Crippen molar-refractivity contribution in [1.29, 1.82) is 0 Å². The predicted molar refractivity (Wildman–Crippen MR) is 128 cm³/mol. The molecule has 36 heavy (non-hydrogen) atoms. The third-order valence-electron chi connectivity index (χ3n) is 5.55. The Hall–Kier alpha value is -4.06. The first kappa shape index (κ1) is 25.0. The zero-order valence-electron chi connectivity index (χ0n) is 19.2. The Labute approximate surface area is 207 Å². The Balaban J connectivity index is 1.87. The van der Waals surface area contributed by atoms with E-state index in [4.69, 9.17) is 27.0 Å². The van der Waals surface area contributed by atoms with Gasteiger partial charge in [0.25, 0.3) is 0 Å². The number of hydrogen-bond acceptors (Lipinski definition) is 7. The van der Waals surface area contributed by atoms with Gasteiger partial charge in [0.1, 0.15) is 22.2 Å². The second-order valence-corrected chi connectivity index (χ2v) is 8.53. The SMILES string of the molecule is Cc1cc(C(C)Nc2ccc(Cl)nc2C(N)=NO)c2oc(-c3cnn(C(F)(F)F)c3)c(C)c(=O)c2c1. The van der Waals surface area contributed by atoms with Crippen molar-refractivity contribution in [3.63, 3.8) is 0 Å². The van der Waals surface area contributed by atoms with Crippen LogP contribution in [0.2, 0.25) is 5.15 Å². The van der Waals surface area contributed by atoms with Crippen LogP contribution >= 0.6 is 11.6 Å². The lowest BCUT2D eigenvalue weighted by atomic mass is 9.99. The molecular formula is C23H20ClF3N6O3. The molecule has 13 heteroatoms. The van der Waals surface area contributed by atoms with Crippen molar-refractivity contribution in [1.82, 2.24) is 14.8 Å². The van der Waals surface area contributed by atoms with Crippen LogP contribution in [0.4, 0.5) is 18.9 Å². The third-order valence-corrected chi connectivity index (χ3v) is 5.76. The van der Waals surface area contributed by atoms with Crippen LogP contribution in [0.1, 0.15) is 35.3 Å². The number of hydrogen-bond donors (Lipinski definition) is 3. The number of benzene rings is 1. The second kappa shape index (κ2) is 9.19. The van der Waals surface area contributed by atoms with Crippen LogP contribution in [-0.4, -0.2) is 25.8 Å². The van der Waals surface area contributed by atoms with Crippen LogP contribution in [0.15, 0.2) is 51.0 Å². The highest BCUT2D eigenvalue weighted by atomic mass is 35.5. The molecule has 0 saturated carbocycles. The van der Waals surface area contributed by atoms with E-state index >= 15 is 0 Å². The first-order chi connectivity index (χ1) is 16.9. The van der Waals surface area contributed by atoms with Crippen molar-refractivity contribution in [2.24, 2.45) is 10.9 Å². The highest BCUT2D eigenvalue weighted by molar-refractivity contribution is 6.29. The third kappa shape index (κ3) is 4.59. The number of rotatable bonds is 5. The van der Waals surface area contributed by atoms with Gasteiger partial charge in [0.2, 0.25) is 0 Å². The highest BCUT2D eigenvalue weighted by Gasteiger charge is 2.32. The van der Waals surface area contributed by atoms with Gasteiger partial charge in [-0.05, 0) is 44.5 Å². The Morgan fingerprint density at radius 2 is 2.03 bits per heavy atom. The van der Waals surface area contributed by atoms with E-state index in [1.165, 1.54) is 13.0 Å². The molecule has 1 atom stereocenters. The lowest BCUT2D eigenvalue weighted by Gasteiger charge is -2.20.